The summed E-state index contributed by atoms with van der Waals surface area (Å²) >= 11 is 0. The van der Waals surface area contributed by atoms with Gasteiger partial charge < -0.3 is 9.73 Å². The summed E-state index contributed by atoms with van der Waals surface area (Å²) in [4.78, 5) is 15.0. The quantitative estimate of drug-likeness (QED) is 0.754. The van der Waals surface area contributed by atoms with Gasteiger partial charge in [0.2, 0.25) is 5.91 Å². The van der Waals surface area contributed by atoms with Gasteiger partial charge in [0.05, 0.1) is 36.5 Å². The Morgan fingerprint density at radius 1 is 1.37 bits per heavy atom. The van der Waals surface area contributed by atoms with E-state index < -0.39 is 0 Å². The third-order valence-corrected chi connectivity index (χ3v) is 5.35. The highest BCUT2D eigenvalue weighted by atomic mass is 16.3. The highest BCUT2D eigenvalue weighted by Gasteiger charge is 2.26. The molecule has 0 unspecified atom stereocenters. The van der Waals surface area contributed by atoms with Crippen molar-refractivity contribution < 1.29 is 9.21 Å². The zero-order valence-electron chi connectivity index (χ0n) is 15.9. The molecule has 2 aromatic heterocycles. The Kier molecular flexibility index (Phi) is 4.99. The number of nitrogens with zero attached hydrogens (tertiary/aromatic N) is 3. The molecule has 6 heteroatoms. The molecule has 0 radical (unpaired) electrons. The molecule has 1 aromatic carbocycles. The van der Waals surface area contributed by atoms with E-state index in [4.69, 9.17) is 4.42 Å². The molecule has 0 bridgehead atoms. The number of fused-ring (bicyclic) bond motifs is 1. The van der Waals surface area contributed by atoms with Crippen molar-refractivity contribution in [2.75, 3.05) is 13.1 Å². The summed E-state index contributed by atoms with van der Waals surface area (Å²) < 4.78 is 7.31. The van der Waals surface area contributed by atoms with Gasteiger partial charge in [-0.15, -0.1) is 0 Å². The Morgan fingerprint density at radius 2 is 2.26 bits per heavy atom. The number of amides is 1. The number of furan rings is 1. The summed E-state index contributed by atoms with van der Waals surface area (Å²) in [5.41, 5.74) is 3.21. The standard InChI is InChI=1S/C21H26N4O2/c1-15-7-8-20-18(11-15)19(23-24(20)2)12-22-21(26)16-5-3-9-25(13-16)14-17-6-4-10-27-17/h4,6-8,10-11,16H,3,5,9,12-14H2,1-2H3,(H,22,26)/t16-/m1/s1. The van der Waals surface area contributed by atoms with Gasteiger partial charge >= 0.3 is 0 Å². The summed E-state index contributed by atoms with van der Waals surface area (Å²) in [6.07, 6.45) is 3.66. The summed E-state index contributed by atoms with van der Waals surface area (Å²) in [6, 6.07) is 10.2. The number of benzene rings is 1. The van der Waals surface area contributed by atoms with Crippen LogP contribution in [0.3, 0.4) is 0 Å². The lowest BCUT2D eigenvalue weighted by Crippen LogP contribution is -2.42. The predicted molar refractivity (Wildman–Crippen MR) is 104 cm³/mol. The molecule has 1 amide bonds. The highest BCUT2D eigenvalue weighted by molar-refractivity contribution is 5.84. The van der Waals surface area contributed by atoms with Gasteiger partial charge in [0, 0.05) is 19.0 Å². The van der Waals surface area contributed by atoms with Gasteiger partial charge in [-0.05, 0) is 50.6 Å². The van der Waals surface area contributed by atoms with Gasteiger partial charge in [-0.1, -0.05) is 11.6 Å². The summed E-state index contributed by atoms with van der Waals surface area (Å²) in [5.74, 6) is 1.09. The molecule has 1 fully saturated rings. The Morgan fingerprint density at radius 3 is 3.07 bits per heavy atom. The SMILES string of the molecule is Cc1ccc2c(c1)c(CNC(=O)[C@@H]1CCCN(Cc3ccco3)C1)nn2C. The first-order chi connectivity index (χ1) is 13.1. The lowest BCUT2D eigenvalue weighted by molar-refractivity contribution is -0.127. The molecule has 0 saturated carbocycles. The number of carbonyl (C=O) groups is 1. The van der Waals surface area contributed by atoms with Crippen LogP contribution in [0, 0.1) is 12.8 Å². The van der Waals surface area contributed by atoms with Crippen molar-refractivity contribution in [1.82, 2.24) is 20.0 Å². The van der Waals surface area contributed by atoms with Crippen LogP contribution in [0.2, 0.25) is 0 Å². The third-order valence-electron chi connectivity index (χ3n) is 5.35. The van der Waals surface area contributed by atoms with E-state index in [2.05, 4.69) is 40.4 Å². The summed E-state index contributed by atoms with van der Waals surface area (Å²) in [7, 11) is 1.94. The minimum absolute atomic E-state index is 0.0189. The van der Waals surface area contributed by atoms with E-state index >= 15 is 0 Å². The minimum atomic E-state index is 0.0189. The molecule has 27 heavy (non-hydrogen) atoms. The van der Waals surface area contributed by atoms with E-state index in [-0.39, 0.29) is 11.8 Å². The van der Waals surface area contributed by atoms with Gasteiger partial charge in [0.1, 0.15) is 5.76 Å². The number of carbonyl (C=O) groups excluding carboxylic acids is 1. The van der Waals surface area contributed by atoms with Gasteiger partial charge in [0.15, 0.2) is 0 Å². The van der Waals surface area contributed by atoms with Crippen molar-refractivity contribution in [1.29, 1.82) is 0 Å². The van der Waals surface area contributed by atoms with Crippen LogP contribution in [0.15, 0.2) is 41.0 Å². The molecule has 0 aliphatic carbocycles. The van der Waals surface area contributed by atoms with Crippen molar-refractivity contribution >= 4 is 16.8 Å². The number of rotatable bonds is 5. The predicted octanol–water partition coefficient (Wildman–Crippen LogP) is 3.00. The average molecular weight is 366 g/mol. The maximum absolute atomic E-state index is 12.7. The van der Waals surface area contributed by atoms with Crippen molar-refractivity contribution in [3.05, 3.63) is 53.6 Å². The molecule has 1 aliphatic heterocycles. The third kappa shape index (κ3) is 3.90. The maximum atomic E-state index is 12.7. The van der Waals surface area contributed by atoms with Crippen LogP contribution < -0.4 is 5.32 Å². The number of aryl methyl sites for hydroxylation is 2. The fourth-order valence-corrected chi connectivity index (χ4v) is 3.93. The average Bonchev–Trinajstić information content (AvgIpc) is 3.28. The molecule has 6 nitrogen and oxygen atoms in total. The number of aromatic nitrogens is 2. The van der Waals surface area contributed by atoms with Crippen LogP contribution in [0.25, 0.3) is 10.9 Å². The molecule has 142 valence electrons. The van der Waals surface area contributed by atoms with E-state index in [0.717, 1.165) is 54.8 Å². The zero-order chi connectivity index (χ0) is 18.8. The first kappa shape index (κ1) is 17.8. The smallest absolute Gasteiger partial charge is 0.224 e. The van der Waals surface area contributed by atoms with Crippen LogP contribution in [0.1, 0.15) is 29.9 Å². The van der Waals surface area contributed by atoms with Crippen LogP contribution in [-0.4, -0.2) is 33.7 Å². The van der Waals surface area contributed by atoms with E-state index in [1.54, 1.807) is 6.26 Å². The molecule has 3 heterocycles. The molecule has 1 atom stereocenters. The van der Waals surface area contributed by atoms with Crippen molar-refractivity contribution in [3.8, 4) is 0 Å². The van der Waals surface area contributed by atoms with E-state index in [9.17, 15) is 4.79 Å². The van der Waals surface area contributed by atoms with E-state index in [1.807, 2.05) is 23.9 Å². The van der Waals surface area contributed by atoms with Gasteiger partial charge in [-0.25, -0.2) is 0 Å². The maximum Gasteiger partial charge on any atom is 0.224 e. The minimum Gasteiger partial charge on any atom is -0.468 e. The lowest BCUT2D eigenvalue weighted by atomic mass is 9.97. The normalized spacial score (nSPS) is 18.1. The van der Waals surface area contributed by atoms with Crippen LogP contribution in [0.5, 0.6) is 0 Å². The second kappa shape index (κ2) is 7.56. The van der Waals surface area contributed by atoms with Crippen molar-refractivity contribution in [2.24, 2.45) is 13.0 Å². The van der Waals surface area contributed by atoms with Crippen LogP contribution in [0.4, 0.5) is 0 Å². The van der Waals surface area contributed by atoms with Gasteiger partial charge in [-0.3, -0.25) is 14.4 Å². The van der Waals surface area contributed by atoms with Crippen molar-refractivity contribution in [2.45, 2.75) is 32.9 Å². The molecular weight excluding hydrogens is 340 g/mol. The summed E-state index contributed by atoms with van der Waals surface area (Å²) in [6.45, 7) is 5.09. The first-order valence-electron chi connectivity index (χ1n) is 9.55. The van der Waals surface area contributed by atoms with Crippen molar-refractivity contribution in [3.63, 3.8) is 0 Å². The second-order valence-corrected chi connectivity index (χ2v) is 7.46. The molecule has 1 saturated heterocycles. The van der Waals surface area contributed by atoms with Crippen LogP contribution in [-0.2, 0) is 24.9 Å². The number of piperidine rings is 1. The highest BCUT2D eigenvalue weighted by Crippen LogP contribution is 2.21. The molecule has 3 aromatic rings. The number of nitrogens with one attached hydrogen (secondary N) is 1. The van der Waals surface area contributed by atoms with Gasteiger partial charge in [-0.2, -0.15) is 5.10 Å². The van der Waals surface area contributed by atoms with E-state index in [1.165, 1.54) is 5.56 Å². The number of likely N-dealkylation sites (tertiary alicyclic amines) is 1. The molecular formula is C21H26N4O2. The first-order valence-corrected chi connectivity index (χ1v) is 9.55. The largest absolute Gasteiger partial charge is 0.468 e. The fraction of sp³-hybridized carbons (Fsp3) is 0.429. The molecule has 1 N–H and O–H groups in total. The van der Waals surface area contributed by atoms with E-state index in [0.29, 0.717) is 6.54 Å². The number of hydrogen-bond donors (Lipinski definition) is 1. The van der Waals surface area contributed by atoms with Gasteiger partial charge in [0.25, 0.3) is 0 Å². The molecule has 0 spiro atoms. The summed E-state index contributed by atoms with van der Waals surface area (Å²) in [5, 5.41) is 8.81. The monoisotopic (exact) mass is 366 g/mol. The number of hydrogen-bond acceptors (Lipinski definition) is 4. The fourth-order valence-electron chi connectivity index (χ4n) is 3.93. The second-order valence-electron chi connectivity index (χ2n) is 7.46. The Bertz CT molecular complexity index is 929. The Labute approximate surface area is 159 Å². The topological polar surface area (TPSA) is 63.3 Å². The molecule has 4 rings (SSSR count). The zero-order valence-corrected chi connectivity index (χ0v) is 15.9. The Balaban J connectivity index is 1.38. The van der Waals surface area contributed by atoms with Crippen LogP contribution >= 0.6 is 0 Å². The lowest BCUT2D eigenvalue weighted by Gasteiger charge is -2.31. The Hall–Kier alpha value is -2.60. The molecule has 1 aliphatic rings.